The molecular weight excluding hydrogens is 649 g/mol. The molecule has 8 nitrogen and oxygen atoms in total. The quantitative estimate of drug-likeness (QED) is 0.215. The van der Waals surface area contributed by atoms with Crippen molar-refractivity contribution < 1.29 is 22.6 Å². The van der Waals surface area contributed by atoms with E-state index in [0.717, 1.165) is 50.0 Å². The van der Waals surface area contributed by atoms with Gasteiger partial charge in [-0.25, -0.2) is 13.2 Å². The van der Waals surface area contributed by atoms with E-state index in [1.165, 1.54) is 12.1 Å². The molecule has 242 valence electrons. The summed E-state index contributed by atoms with van der Waals surface area (Å²) in [6.07, 6.45) is 5.89. The highest BCUT2D eigenvalue weighted by Crippen LogP contribution is 2.63. The second-order valence-electron chi connectivity index (χ2n) is 13.7. The Balaban J connectivity index is 1.28. The highest BCUT2D eigenvalue weighted by atomic mass is 35.5. The van der Waals surface area contributed by atoms with Crippen LogP contribution in [0.25, 0.3) is 32.1 Å². The van der Waals surface area contributed by atoms with Gasteiger partial charge in [-0.15, -0.1) is 17.9 Å². The van der Waals surface area contributed by atoms with E-state index in [-0.39, 0.29) is 78.9 Å². The highest BCUT2D eigenvalue weighted by Gasteiger charge is 2.62. The van der Waals surface area contributed by atoms with Crippen LogP contribution < -0.4 is 20.1 Å². The number of rotatable bonds is 6. The molecule has 6 aliphatic rings. The molecule has 3 saturated carbocycles. The molecule has 2 saturated heterocycles. The third-order valence-corrected chi connectivity index (χ3v) is 12.5. The van der Waals surface area contributed by atoms with Crippen LogP contribution in [0.5, 0.6) is 11.8 Å². The minimum Gasteiger partial charge on any atom is -0.489 e. The average Bonchev–Trinajstić information content (AvgIpc) is 3.61. The number of halogens is 4. The van der Waals surface area contributed by atoms with E-state index in [1.807, 2.05) is 6.07 Å². The maximum atomic E-state index is 17.2. The summed E-state index contributed by atoms with van der Waals surface area (Å²) in [5.74, 6) is -0.0923. The van der Waals surface area contributed by atoms with Crippen molar-refractivity contribution >= 4 is 54.7 Å². The number of nitrogens with two attached hydrogens (primary N) is 1. The summed E-state index contributed by atoms with van der Waals surface area (Å²) in [6, 6.07) is 4.31. The van der Waals surface area contributed by atoms with Gasteiger partial charge in [0.2, 0.25) is 0 Å². The third kappa shape index (κ3) is 3.96. The SMILES string of the molecule is C=CC1COc2c(Cl)c(-c3ccc(F)c4sc(N)c(C#N)c34)c(F)c3nc(OC[C@@]45CCCN4C[C@H](F)C5)nc(c23)N1C12CC(C1)C2. The van der Waals surface area contributed by atoms with Crippen LogP contribution in [0.15, 0.2) is 24.8 Å². The Kier molecular flexibility index (Phi) is 6.31. The van der Waals surface area contributed by atoms with E-state index < -0.39 is 23.3 Å². The maximum Gasteiger partial charge on any atom is 0.319 e. The van der Waals surface area contributed by atoms with Crippen LogP contribution in [0.1, 0.15) is 44.1 Å². The summed E-state index contributed by atoms with van der Waals surface area (Å²) in [4.78, 5) is 13.9. The van der Waals surface area contributed by atoms with E-state index in [1.54, 1.807) is 6.08 Å². The van der Waals surface area contributed by atoms with Crippen LogP contribution in [0, 0.1) is 28.9 Å². The lowest BCUT2D eigenvalue weighted by Crippen LogP contribution is -2.71. The highest BCUT2D eigenvalue weighted by molar-refractivity contribution is 7.23. The van der Waals surface area contributed by atoms with Crippen molar-refractivity contribution in [3.63, 3.8) is 0 Å². The molecule has 47 heavy (non-hydrogen) atoms. The van der Waals surface area contributed by atoms with Gasteiger partial charge in [-0.1, -0.05) is 23.7 Å². The van der Waals surface area contributed by atoms with E-state index in [2.05, 4.69) is 21.4 Å². The molecule has 0 spiro atoms. The average molecular weight is 679 g/mol. The van der Waals surface area contributed by atoms with Crippen molar-refractivity contribution in [1.82, 2.24) is 14.9 Å². The summed E-state index contributed by atoms with van der Waals surface area (Å²) in [7, 11) is 0. The van der Waals surface area contributed by atoms with Crippen LogP contribution in [-0.4, -0.2) is 64.5 Å². The van der Waals surface area contributed by atoms with Gasteiger partial charge in [0.15, 0.2) is 11.6 Å². The Morgan fingerprint density at radius 3 is 2.77 bits per heavy atom. The molecule has 5 heterocycles. The van der Waals surface area contributed by atoms with Gasteiger partial charge in [-0.3, -0.25) is 4.90 Å². The number of ether oxygens (including phenoxy) is 2. The monoisotopic (exact) mass is 678 g/mol. The van der Waals surface area contributed by atoms with E-state index in [4.69, 9.17) is 31.8 Å². The molecule has 10 rings (SSSR count). The normalized spacial score (nSPS) is 29.2. The Hall–Kier alpha value is -3.79. The lowest BCUT2D eigenvalue weighted by Gasteiger charge is -2.67. The Bertz CT molecular complexity index is 2070. The molecule has 2 N–H and O–H groups in total. The Morgan fingerprint density at radius 2 is 2.04 bits per heavy atom. The fraction of sp³-hybridized carbons (Fsp3) is 0.441. The summed E-state index contributed by atoms with van der Waals surface area (Å²) in [5.41, 5.74) is 5.54. The first-order valence-electron chi connectivity index (χ1n) is 15.9. The zero-order valence-electron chi connectivity index (χ0n) is 25.3. The van der Waals surface area contributed by atoms with Gasteiger partial charge in [-0.05, 0) is 56.2 Å². The summed E-state index contributed by atoms with van der Waals surface area (Å²) in [5, 5.41) is 10.5. The largest absolute Gasteiger partial charge is 0.489 e. The number of hydrogen-bond acceptors (Lipinski definition) is 9. The molecule has 2 aromatic carbocycles. The van der Waals surface area contributed by atoms with E-state index in [0.29, 0.717) is 30.1 Å². The number of benzene rings is 2. The zero-order valence-corrected chi connectivity index (χ0v) is 26.9. The number of nitriles is 1. The number of nitrogens with zero attached hydrogens (tertiary/aromatic N) is 5. The lowest BCUT2D eigenvalue weighted by atomic mass is 9.48. The molecule has 2 aromatic heterocycles. The van der Waals surface area contributed by atoms with Gasteiger partial charge in [-0.2, -0.15) is 15.2 Å². The minimum absolute atomic E-state index is 0.0304. The van der Waals surface area contributed by atoms with Gasteiger partial charge in [0.25, 0.3) is 0 Å². The first-order valence-corrected chi connectivity index (χ1v) is 17.1. The fourth-order valence-corrected chi connectivity index (χ4v) is 10.2. The van der Waals surface area contributed by atoms with Gasteiger partial charge in [0, 0.05) is 29.5 Å². The molecule has 1 unspecified atom stereocenters. The van der Waals surface area contributed by atoms with Crippen LogP contribution >= 0.6 is 22.9 Å². The molecule has 3 aliphatic heterocycles. The fourth-order valence-electron chi connectivity index (χ4n) is 8.88. The Labute approximate surface area is 277 Å². The molecule has 13 heteroatoms. The standard InChI is InChI=1S/C34H30ClF3N6O2S/c1-2-18-14-45-28-24-27(26(38)23(25(28)35)19-4-5-21(37)29-22(19)20(12-39)30(40)47-29)41-32(42-31(24)44(18)34-8-16(9-34)10-34)46-15-33-6-3-7-43(33)13-17(36)11-33/h2,4-5,16-18H,1,3,6-11,13-15,40H2/t16?,17-,18?,33+,34?/m1/s1. The molecule has 4 aromatic rings. The molecule has 3 atom stereocenters. The van der Waals surface area contributed by atoms with Crippen LogP contribution in [0.4, 0.5) is 24.0 Å². The van der Waals surface area contributed by atoms with Crippen molar-refractivity contribution in [3.8, 4) is 29.0 Å². The number of hydrogen-bond donors (Lipinski definition) is 1. The summed E-state index contributed by atoms with van der Waals surface area (Å²) >= 11 is 8.00. The van der Waals surface area contributed by atoms with Crippen molar-refractivity contribution in [1.29, 1.82) is 5.26 Å². The molecular formula is C34H30ClF3N6O2S. The summed E-state index contributed by atoms with van der Waals surface area (Å²) < 4.78 is 59.6. The van der Waals surface area contributed by atoms with Crippen molar-refractivity contribution in [2.45, 2.75) is 61.8 Å². The van der Waals surface area contributed by atoms with Crippen LogP contribution in [0.3, 0.4) is 0 Å². The summed E-state index contributed by atoms with van der Waals surface area (Å²) in [6.45, 7) is 5.60. The van der Waals surface area contributed by atoms with Crippen molar-refractivity contribution in [2.75, 3.05) is 36.9 Å². The zero-order chi connectivity index (χ0) is 32.4. The van der Waals surface area contributed by atoms with Gasteiger partial charge >= 0.3 is 6.01 Å². The lowest BCUT2D eigenvalue weighted by molar-refractivity contribution is -0.0306. The molecule has 3 aliphatic carbocycles. The number of anilines is 2. The number of alkyl halides is 1. The smallest absolute Gasteiger partial charge is 0.319 e. The number of aromatic nitrogens is 2. The number of thiophene rings is 1. The van der Waals surface area contributed by atoms with Crippen molar-refractivity contribution in [2.24, 2.45) is 5.92 Å². The molecule has 5 fully saturated rings. The van der Waals surface area contributed by atoms with Gasteiger partial charge in [0.05, 0.1) is 32.3 Å². The number of nitrogen functional groups attached to an aromatic ring is 1. The van der Waals surface area contributed by atoms with Crippen LogP contribution in [-0.2, 0) is 0 Å². The van der Waals surface area contributed by atoms with E-state index >= 15 is 8.78 Å². The second-order valence-corrected chi connectivity index (χ2v) is 15.1. The second kappa shape index (κ2) is 10.1. The van der Waals surface area contributed by atoms with Gasteiger partial charge < -0.3 is 20.1 Å². The Morgan fingerprint density at radius 1 is 1.23 bits per heavy atom. The van der Waals surface area contributed by atoms with Gasteiger partial charge in [0.1, 0.15) is 47.6 Å². The first-order chi connectivity index (χ1) is 22.7. The first kappa shape index (κ1) is 29.4. The minimum atomic E-state index is -0.937. The van der Waals surface area contributed by atoms with Crippen molar-refractivity contribution in [3.05, 3.63) is 47.0 Å². The maximum absolute atomic E-state index is 17.2. The predicted molar refractivity (Wildman–Crippen MR) is 175 cm³/mol. The molecule has 0 radical (unpaired) electrons. The topological polar surface area (TPSA) is 101 Å². The van der Waals surface area contributed by atoms with E-state index in [9.17, 15) is 9.65 Å². The predicted octanol–water partition coefficient (Wildman–Crippen LogP) is 7.16. The molecule has 0 amide bonds. The van der Waals surface area contributed by atoms with Crippen LogP contribution in [0.2, 0.25) is 5.02 Å². The molecule has 2 bridgehead atoms. The third-order valence-electron chi connectivity index (χ3n) is 11.1. The number of fused-ring (bicyclic) bond motifs is 2.